The molecule has 0 saturated heterocycles. The minimum absolute atomic E-state index is 0.0388. The lowest BCUT2D eigenvalue weighted by molar-refractivity contribution is -0.383. The molecule has 0 radical (unpaired) electrons. The summed E-state index contributed by atoms with van der Waals surface area (Å²) >= 11 is 6.82. The van der Waals surface area contributed by atoms with Crippen molar-refractivity contribution in [1.82, 2.24) is 15.2 Å². The molecule has 0 bridgehead atoms. The quantitative estimate of drug-likeness (QED) is 0.495. The molecule has 10 heteroatoms. The van der Waals surface area contributed by atoms with E-state index in [9.17, 15) is 14.9 Å². The summed E-state index contributed by atoms with van der Waals surface area (Å²) in [4.78, 5) is 26.1. The number of nitrogens with zero attached hydrogens (tertiary/aromatic N) is 3. The second kappa shape index (κ2) is 6.55. The molecule has 0 aliphatic rings. The summed E-state index contributed by atoms with van der Waals surface area (Å²) in [6.07, 6.45) is 0. The van der Waals surface area contributed by atoms with Crippen molar-refractivity contribution in [2.75, 3.05) is 11.1 Å². The number of thioether (sulfide) groups is 1. The van der Waals surface area contributed by atoms with Gasteiger partial charge in [0.25, 0.3) is 5.69 Å². The Kier molecular flexibility index (Phi) is 4.76. The van der Waals surface area contributed by atoms with Crippen LogP contribution >= 0.6 is 23.4 Å². The van der Waals surface area contributed by atoms with Gasteiger partial charge >= 0.3 is 0 Å². The number of carbonyl (C=O) groups is 1. The molecule has 1 aromatic carbocycles. The first-order valence-corrected chi connectivity index (χ1v) is 7.07. The summed E-state index contributed by atoms with van der Waals surface area (Å²) in [6, 6.07) is 4.04. The van der Waals surface area contributed by atoms with Crippen LogP contribution in [0.1, 0.15) is 5.82 Å². The first-order chi connectivity index (χ1) is 9.95. The number of rotatable bonds is 5. The lowest BCUT2D eigenvalue weighted by atomic mass is 10.2. The molecule has 2 N–H and O–H groups in total. The molecule has 1 amide bonds. The van der Waals surface area contributed by atoms with Gasteiger partial charge in [0.05, 0.1) is 10.7 Å². The lowest BCUT2D eigenvalue weighted by Gasteiger charge is -2.05. The van der Waals surface area contributed by atoms with Crippen LogP contribution in [0.3, 0.4) is 0 Å². The van der Waals surface area contributed by atoms with Crippen molar-refractivity contribution in [2.24, 2.45) is 0 Å². The molecular weight excluding hydrogens is 318 g/mol. The molecule has 0 spiro atoms. The minimum Gasteiger partial charge on any atom is -0.320 e. The number of hydrogen-bond donors (Lipinski definition) is 2. The van der Waals surface area contributed by atoms with Gasteiger partial charge in [-0.15, -0.1) is 5.10 Å². The number of benzene rings is 1. The number of nitro groups is 1. The van der Waals surface area contributed by atoms with Gasteiger partial charge < -0.3 is 5.32 Å². The van der Waals surface area contributed by atoms with Gasteiger partial charge in [0.2, 0.25) is 11.1 Å². The van der Waals surface area contributed by atoms with Gasteiger partial charge in [0, 0.05) is 11.1 Å². The molecular formula is C11H10ClN5O3S. The number of aromatic nitrogens is 3. The van der Waals surface area contributed by atoms with E-state index in [1.807, 2.05) is 0 Å². The number of anilines is 1. The number of amides is 1. The van der Waals surface area contributed by atoms with E-state index >= 15 is 0 Å². The molecule has 0 aliphatic carbocycles. The first kappa shape index (κ1) is 15.3. The predicted octanol–water partition coefficient (Wildman–Crippen LogP) is 2.41. The summed E-state index contributed by atoms with van der Waals surface area (Å²) in [6.45, 7) is 1.74. The number of H-pyrrole nitrogens is 1. The van der Waals surface area contributed by atoms with Crippen LogP contribution in [0.4, 0.5) is 11.4 Å². The van der Waals surface area contributed by atoms with E-state index in [0.717, 1.165) is 11.8 Å². The number of halogens is 1. The van der Waals surface area contributed by atoms with Gasteiger partial charge in [0.1, 0.15) is 11.5 Å². The van der Waals surface area contributed by atoms with Gasteiger partial charge in [-0.3, -0.25) is 20.0 Å². The third kappa shape index (κ3) is 4.17. The molecule has 0 unspecified atom stereocenters. The number of nitrogens with one attached hydrogen (secondary N) is 2. The summed E-state index contributed by atoms with van der Waals surface area (Å²) in [5.74, 6) is 0.288. The van der Waals surface area contributed by atoms with Crippen LogP contribution in [-0.2, 0) is 4.79 Å². The van der Waals surface area contributed by atoms with Gasteiger partial charge in [-0.2, -0.15) is 0 Å². The number of hydrogen-bond acceptors (Lipinski definition) is 6. The summed E-state index contributed by atoms with van der Waals surface area (Å²) in [5, 5.41) is 20.6. The lowest BCUT2D eigenvalue weighted by Crippen LogP contribution is -2.15. The highest BCUT2D eigenvalue weighted by Crippen LogP contribution is 2.28. The summed E-state index contributed by atoms with van der Waals surface area (Å²) in [7, 11) is 0. The SMILES string of the molecule is Cc1nc(SCC(=O)Nc2ccc(Cl)cc2[N+](=O)[O-])n[nH]1. The topological polar surface area (TPSA) is 114 Å². The van der Waals surface area contributed by atoms with E-state index in [4.69, 9.17) is 11.6 Å². The molecule has 0 atom stereocenters. The highest BCUT2D eigenvalue weighted by atomic mass is 35.5. The normalized spacial score (nSPS) is 10.4. The standard InChI is InChI=1S/C11H10ClN5O3S/c1-6-13-11(16-15-6)21-5-10(18)14-8-3-2-7(12)4-9(8)17(19)20/h2-4H,5H2,1H3,(H,14,18)(H,13,15,16). The Balaban J connectivity index is 2.01. The van der Waals surface area contributed by atoms with Crippen molar-refractivity contribution in [2.45, 2.75) is 12.1 Å². The molecule has 110 valence electrons. The average Bonchev–Trinajstić information content (AvgIpc) is 2.84. The van der Waals surface area contributed by atoms with E-state index in [1.165, 1.54) is 18.2 Å². The summed E-state index contributed by atoms with van der Waals surface area (Å²) in [5.41, 5.74) is -0.157. The van der Waals surface area contributed by atoms with Crippen LogP contribution in [0.5, 0.6) is 0 Å². The Morgan fingerprint density at radius 1 is 1.57 bits per heavy atom. The smallest absolute Gasteiger partial charge is 0.294 e. The van der Waals surface area contributed by atoms with Gasteiger partial charge in [-0.1, -0.05) is 23.4 Å². The highest BCUT2D eigenvalue weighted by molar-refractivity contribution is 7.99. The molecule has 21 heavy (non-hydrogen) atoms. The molecule has 2 rings (SSSR count). The highest BCUT2D eigenvalue weighted by Gasteiger charge is 2.16. The van der Waals surface area contributed by atoms with Crippen LogP contribution in [0.2, 0.25) is 5.02 Å². The Morgan fingerprint density at radius 3 is 2.95 bits per heavy atom. The van der Waals surface area contributed by atoms with Crippen LogP contribution in [0.15, 0.2) is 23.4 Å². The van der Waals surface area contributed by atoms with Gasteiger partial charge in [-0.05, 0) is 19.1 Å². The number of aryl methyl sites for hydroxylation is 1. The van der Waals surface area contributed by atoms with Gasteiger partial charge in [0.15, 0.2) is 0 Å². The van der Waals surface area contributed by atoms with Crippen LogP contribution in [0.25, 0.3) is 0 Å². The van der Waals surface area contributed by atoms with E-state index in [-0.39, 0.29) is 22.2 Å². The fourth-order valence-electron chi connectivity index (χ4n) is 1.46. The van der Waals surface area contributed by atoms with E-state index < -0.39 is 10.8 Å². The molecule has 2 aromatic rings. The van der Waals surface area contributed by atoms with Crippen molar-refractivity contribution in [3.8, 4) is 0 Å². The Bertz CT molecular complexity index is 690. The van der Waals surface area contributed by atoms with Crippen LogP contribution in [0, 0.1) is 17.0 Å². The van der Waals surface area contributed by atoms with Gasteiger partial charge in [-0.25, -0.2) is 4.98 Å². The largest absolute Gasteiger partial charge is 0.320 e. The molecule has 1 aromatic heterocycles. The molecule has 8 nitrogen and oxygen atoms in total. The summed E-state index contributed by atoms with van der Waals surface area (Å²) < 4.78 is 0. The number of carbonyl (C=O) groups excluding carboxylic acids is 1. The third-order valence-electron chi connectivity index (χ3n) is 2.34. The van der Waals surface area contributed by atoms with Crippen LogP contribution in [-0.4, -0.2) is 31.8 Å². The average molecular weight is 328 g/mol. The second-order valence-corrected chi connectivity index (χ2v) is 5.34. The zero-order valence-electron chi connectivity index (χ0n) is 10.8. The first-order valence-electron chi connectivity index (χ1n) is 5.71. The van der Waals surface area contributed by atoms with Crippen molar-refractivity contribution in [3.05, 3.63) is 39.2 Å². The monoisotopic (exact) mass is 327 g/mol. The maximum absolute atomic E-state index is 11.8. The van der Waals surface area contributed by atoms with Crippen molar-refractivity contribution in [1.29, 1.82) is 0 Å². The number of aromatic amines is 1. The third-order valence-corrected chi connectivity index (χ3v) is 3.42. The molecule has 0 fully saturated rings. The van der Waals surface area contributed by atoms with Crippen molar-refractivity contribution in [3.63, 3.8) is 0 Å². The maximum atomic E-state index is 11.8. The Labute approximate surface area is 128 Å². The van der Waals surface area contributed by atoms with E-state index in [2.05, 4.69) is 20.5 Å². The van der Waals surface area contributed by atoms with Crippen molar-refractivity contribution >= 4 is 40.6 Å². The second-order valence-electron chi connectivity index (χ2n) is 3.96. The zero-order valence-corrected chi connectivity index (χ0v) is 12.4. The Morgan fingerprint density at radius 2 is 2.33 bits per heavy atom. The zero-order chi connectivity index (χ0) is 15.4. The predicted molar refractivity (Wildman–Crippen MR) is 78.6 cm³/mol. The van der Waals surface area contributed by atoms with E-state index in [0.29, 0.717) is 11.0 Å². The molecule has 0 saturated carbocycles. The minimum atomic E-state index is -0.604. The molecule has 1 heterocycles. The maximum Gasteiger partial charge on any atom is 0.294 e. The molecule has 0 aliphatic heterocycles. The van der Waals surface area contributed by atoms with E-state index in [1.54, 1.807) is 6.92 Å². The fraction of sp³-hybridized carbons (Fsp3) is 0.182. The Hall–Kier alpha value is -2.13. The fourth-order valence-corrected chi connectivity index (χ4v) is 2.28. The van der Waals surface area contributed by atoms with Crippen LogP contribution < -0.4 is 5.32 Å². The number of nitro benzene ring substituents is 1. The van der Waals surface area contributed by atoms with Crippen molar-refractivity contribution < 1.29 is 9.72 Å².